The summed E-state index contributed by atoms with van der Waals surface area (Å²) in [5.74, 6) is -0.344. The molecule has 22 heavy (non-hydrogen) atoms. The van der Waals surface area contributed by atoms with Crippen molar-refractivity contribution in [1.82, 2.24) is 10.3 Å². The van der Waals surface area contributed by atoms with Crippen LogP contribution in [0.4, 0.5) is 0 Å². The van der Waals surface area contributed by atoms with Crippen molar-refractivity contribution in [3.05, 3.63) is 69.1 Å². The molecular weight excluding hydrogens is 276 g/mol. The van der Waals surface area contributed by atoms with Gasteiger partial charge in [0.25, 0.3) is 11.5 Å². The Morgan fingerprint density at radius 3 is 2.59 bits per heavy atom. The van der Waals surface area contributed by atoms with Crippen LogP contribution in [-0.4, -0.2) is 10.9 Å². The zero-order valence-corrected chi connectivity index (χ0v) is 13.3. The second-order valence-corrected chi connectivity index (χ2v) is 5.53. The fourth-order valence-electron chi connectivity index (χ4n) is 2.45. The Bertz CT molecular complexity index is 705. The van der Waals surface area contributed by atoms with Crippen LogP contribution in [0.2, 0.25) is 0 Å². The number of aromatic nitrogens is 1. The van der Waals surface area contributed by atoms with Crippen LogP contribution in [0, 0.1) is 6.92 Å². The van der Waals surface area contributed by atoms with Crippen molar-refractivity contribution in [1.29, 1.82) is 0 Å². The number of benzene rings is 1. The number of amides is 1. The Kier molecular flexibility index (Phi) is 5.15. The SMILES string of the molecule is CCCc1[nH]c(=O)c(C(=O)N[C@H](C)c2ccccc2)cc1C. The lowest BCUT2D eigenvalue weighted by atomic mass is 10.1. The molecule has 116 valence electrons. The molecule has 4 nitrogen and oxygen atoms in total. The number of nitrogens with one attached hydrogen (secondary N) is 2. The highest BCUT2D eigenvalue weighted by Crippen LogP contribution is 2.12. The van der Waals surface area contributed by atoms with Gasteiger partial charge in [0, 0.05) is 5.69 Å². The Morgan fingerprint density at radius 2 is 1.95 bits per heavy atom. The summed E-state index contributed by atoms with van der Waals surface area (Å²) < 4.78 is 0. The molecule has 2 N–H and O–H groups in total. The molecule has 0 unspecified atom stereocenters. The van der Waals surface area contributed by atoms with Gasteiger partial charge in [-0.1, -0.05) is 43.7 Å². The van der Waals surface area contributed by atoms with Crippen LogP contribution in [0.3, 0.4) is 0 Å². The first-order chi connectivity index (χ1) is 10.5. The first kappa shape index (κ1) is 16.0. The van der Waals surface area contributed by atoms with Crippen LogP contribution in [0.1, 0.15) is 53.5 Å². The molecule has 4 heteroatoms. The van der Waals surface area contributed by atoms with Gasteiger partial charge in [0.05, 0.1) is 6.04 Å². The van der Waals surface area contributed by atoms with E-state index in [1.807, 2.05) is 44.2 Å². The summed E-state index contributed by atoms with van der Waals surface area (Å²) in [6, 6.07) is 11.2. The minimum atomic E-state index is -0.344. The van der Waals surface area contributed by atoms with Gasteiger partial charge in [0.1, 0.15) is 5.56 Å². The first-order valence-electron chi connectivity index (χ1n) is 7.61. The summed E-state index contributed by atoms with van der Waals surface area (Å²) in [7, 11) is 0. The molecule has 1 aromatic heterocycles. The summed E-state index contributed by atoms with van der Waals surface area (Å²) in [6.07, 6.45) is 1.76. The number of aromatic amines is 1. The van der Waals surface area contributed by atoms with Gasteiger partial charge in [0.2, 0.25) is 0 Å². The lowest BCUT2D eigenvalue weighted by Crippen LogP contribution is -2.32. The van der Waals surface area contributed by atoms with Crippen LogP contribution in [0.25, 0.3) is 0 Å². The molecule has 0 aliphatic carbocycles. The summed E-state index contributed by atoms with van der Waals surface area (Å²) in [6.45, 7) is 5.87. The quantitative estimate of drug-likeness (QED) is 0.891. The van der Waals surface area contributed by atoms with Crippen molar-refractivity contribution in [2.45, 2.75) is 39.7 Å². The predicted molar refractivity (Wildman–Crippen MR) is 88.1 cm³/mol. The summed E-state index contributed by atoms with van der Waals surface area (Å²) >= 11 is 0. The summed E-state index contributed by atoms with van der Waals surface area (Å²) in [4.78, 5) is 27.3. The maximum absolute atomic E-state index is 12.3. The average Bonchev–Trinajstić information content (AvgIpc) is 2.51. The van der Waals surface area contributed by atoms with Gasteiger partial charge in [-0.3, -0.25) is 9.59 Å². The van der Waals surface area contributed by atoms with Gasteiger partial charge < -0.3 is 10.3 Å². The van der Waals surface area contributed by atoms with Gasteiger partial charge in [-0.2, -0.15) is 0 Å². The van der Waals surface area contributed by atoms with E-state index in [1.165, 1.54) is 0 Å². The highest BCUT2D eigenvalue weighted by atomic mass is 16.2. The standard InChI is InChI=1S/C18H22N2O2/c1-4-8-16-12(2)11-15(18(22)20-16)17(21)19-13(3)14-9-6-5-7-10-14/h5-7,9-11,13H,4,8H2,1-3H3,(H,19,21)(H,20,22)/t13-/m1/s1. The van der Waals surface area contributed by atoms with Crippen LogP contribution in [0.15, 0.2) is 41.2 Å². The Balaban J connectivity index is 2.20. The van der Waals surface area contributed by atoms with Crippen molar-refractivity contribution in [2.24, 2.45) is 0 Å². The van der Waals surface area contributed by atoms with Crippen LogP contribution < -0.4 is 10.9 Å². The van der Waals surface area contributed by atoms with E-state index in [2.05, 4.69) is 17.2 Å². The largest absolute Gasteiger partial charge is 0.345 e. The fraction of sp³-hybridized carbons (Fsp3) is 0.333. The van der Waals surface area contributed by atoms with E-state index in [0.717, 1.165) is 29.7 Å². The molecular formula is C18H22N2O2. The molecule has 1 amide bonds. The lowest BCUT2D eigenvalue weighted by Gasteiger charge is -2.14. The molecule has 0 radical (unpaired) electrons. The van der Waals surface area contributed by atoms with E-state index in [1.54, 1.807) is 6.07 Å². The molecule has 2 aromatic rings. The van der Waals surface area contributed by atoms with Gasteiger partial charge in [-0.15, -0.1) is 0 Å². The third-order valence-electron chi connectivity index (χ3n) is 3.74. The second kappa shape index (κ2) is 7.07. The highest BCUT2D eigenvalue weighted by Gasteiger charge is 2.15. The van der Waals surface area contributed by atoms with Crippen LogP contribution in [0.5, 0.6) is 0 Å². The van der Waals surface area contributed by atoms with E-state index in [-0.39, 0.29) is 23.1 Å². The fourth-order valence-corrected chi connectivity index (χ4v) is 2.45. The molecule has 0 bridgehead atoms. The number of aryl methyl sites for hydroxylation is 2. The normalized spacial score (nSPS) is 12.0. The number of carbonyl (C=O) groups is 1. The van der Waals surface area contributed by atoms with E-state index in [9.17, 15) is 9.59 Å². The molecule has 1 heterocycles. The number of rotatable bonds is 5. The molecule has 0 saturated carbocycles. The van der Waals surface area contributed by atoms with Gasteiger partial charge in [0.15, 0.2) is 0 Å². The average molecular weight is 298 g/mol. The van der Waals surface area contributed by atoms with E-state index >= 15 is 0 Å². The minimum Gasteiger partial charge on any atom is -0.345 e. The van der Waals surface area contributed by atoms with Crippen molar-refractivity contribution in [3.63, 3.8) is 0 Å². The monoisotopic (exact) mass is 298 g/mol. The van der Waals surface area contributed by atoms with Gasteiger partial charge in [-0.05, 0) is 37.5 Å². The smallest absolute Gasteiger partial charge is 0.261 e. The van der Waals surface area contributed by atoms with Crippen molar-refractivity contribution in [3.8, 4) is 0 Å². The molecule has 0 aliphatic heterocycles. The van der Waals surface area contributed by atoms with Crippen LogP contribution >= 0.6 is 0 Å². The molecule has 0 aliphatic rings. The molecule has 1 aromatic carbocycles. The molecule has 0 fully saturated rings. The summed E-state index contributed by atoms with van der Waals surface area (Å²) in [5, 5.41) is 2.87. The van der Waals surface area contributed by atoms with Crippen molar-refractivity contribution < 1.29 is 4.79 Å². The number of hydrogen-bond acceptors (Lipinski definition) is 2. The number of H-pyrrole nitrogens is 1. The molecule has 2 rings (SSSR count). The Hall–Kier alpha value is -2.36. The molecule has 0 spiro atoms. The third-order valence-corrected chi connectivity index (χ3v) is 3.74. The second-order valence-electron chi connectivity index (χ2n) is 5.53. The predicted octanol–water partition coefficient (Wildman–Crippen LogP) is 3.13. The molecule has 0 saturated heterocycles. The maximum Gasteiger partial charge on any atom is 0.261 e. The zero-order valence-electron chi connectivity index (χ0n) is 13.3. The number of hydrogen-bond donors (Lipinski definition) is 2. The third kappa shape index (κ3) is 3.64. The van der Waals surface area contributed by atoms with Crippen molar-refractivity contribution >= 4 is 5.91 Å². The highest BCUT2D eigenvalue weighted by molar-refractivity contribution is 5.94. The minimum absolute atomic E-state index is 0.149. The van der Waals surface area contributed by atoms with Crippen molar-refractivity contribution in [2.75, 3.05) is 0 Å². The topological polar surface area (TPSA) is 62.0 Å². The van der Waals surface area contributed by atoms with Crippen LogP contribution in [-0.2, 0) is 6.42 Å². The Labute approximate surface area is 130 Å². The zero-order chi connectivity index (χ0) is 16.1. The Morgan fingerprint density at radius 1 is 1.27 bits per heavy atom. The van der Waals surface area contributed by atoms with E-state index < -0.39 is 0 Å². The lowest BCUT2D eigenvalue weighted by molar-refractivity contribution is 0.0938. The van der Waals surface area contributed by atoms with E-state index in [0.29, 0.717) is 0 Å². The number of pyridine rings is 1. The maximum atomic E-state index is 12.3. The van der Waals surface area contributed by atoms with Gasteiger partial charge >= 0.3 is 0 Å². The van der Waals surface area contributed by atoms with Gasteiger partial charge in [-0.25, -0.2) is 0 Å². The first-order valence-corrected chi connectivity index (χ1v) is 7.61. The van der Waals surface area contributed by atoms with E-state index in [4.69, 9.17) is 0 Å². The number of carbonyl (C=O) groups excluding carboxylic acids is 1. The summed E-state index contributed by atoms with van der Waals surface area (Å²) in [5.41, 5.74) is 2.69. The molecule has 1 atom stereocenters.